The number of methoxy groups -OCH3 is 1. The highest BCUT2D eigenvalue weighted by Gasteiger charge is 2.03. The number of hydrogen-bond donors (Lipinski definition) is 1. The summed E-state index contributed by atoms with van der Waals surface area (Å²) in [5.74, 6) is 0.351. The molecule has 0 atom stereocenters. The summed E-state index contributed by atoms with van der Waals surface area (Å²) in [6, 6.07) is 1.68. The Morgan fingerprint density at radius 1 is 1.67 bits per heavy atom. The lowest BCUT2D eigenvalue weighted by Gasteiger charge is -2.03. The lowest BCUT2D eigenvalue weighted by Crippen LogP contribution is -1.96. The fraction of sp³-hybridized carbons (Fsp3) is 0.250. The van der Waals surface area contributed by atoms with E-state index in [1.807, 2.05) is 0 Å². The number of anilines is 1. The van der Waals surface area contributed by atoms with Crippen molar-refractivity contribution in [3.63, 3.8) is 0 Å². The van der Waals surface area contributed by atoms with Crippen molar-refractivity contribution in [2.75, 3.05) is 19.5 Å². The van der Waals surface area contributed by atoms with Gasteiger partial charge in [-0.3, -0.25) is 4.79 Å². The van der Waals surface area contributed by atoms with Gasteiger partial charge in [0.1, 0.15) is 0 Å². The Bertz CT molecular complexity index is 286. The van der Waals surface area contributed by atoms with E-state index in [1.54, 1.807) is 19.3 Å². The number of aromatic nitrogens is 1. The molecular weight excluding hydrogens is 156 g/mol. The Morgan fingerprint density at radius 3 is 2.92 bits per heavy atom. The molecule has 0 radical (unpaired) electrons. The second kappa shape index (κ2) is 3.71. The van der Waals surface area contributed by atoms with Crippen molar-refractivity contribution < 1.29 is 9.53 Å². The zero-order valence-electron chi connectivity index (χ0n) is 7.00. The van der Waals surface area contributed by atoms with Crippen molar-refractivity contribution in [1.29, 1.82) is 0 Å². The van der Waals surface area contributed by atoms with Crippen LogP contribution < -0.4 is 10.1 Å². The lowest BCUT2D eigenvalue weighted by molar-refractivity contribution is 0.112. The number of nitrogens with one attached hydrogen (secondary N) is 1. The van der Waals surface area contributed by atoms with Gasteiger partial charge in [-0.2, -0.15) is 0 Å². The van der Waals surface area contributed by atoms with Crippen LogP contribution in [0.3, 0.4) is 0 Å². The minimum absolute atomic E-state index is 0.351. The van der Waals surface area contributed by atoms with E-state index in [0.29, 0.717) is 17.7 Å². The van der Waals surface area contributed by atoms with Crippen molar-refractivity contribution >= 4 is 12.0 Å². The van der Waals surface area contributed by atoms with Gasteiger partial charge < -0.3 is 10.1 Å². The summed E-state index contributed by atoms with van der Waals surface area (Å²) >= 11 is 0. The van der Waals surface area contributed by atoms with Gasteiger partial charge >= 0.3 is 0 Å². The second-order valence-electron chi connectivity index (χ2n) is 2.19. The summed E-state index contributed by atoms with van der Waals surface area (Å²) in [7, 11) is 3.24. The highest BCUT2D eigenvalue weighted by molar-refractivity contribution is 5.80. The Balaban J connectivity index is 3.10. The monoisotopic (exact) mass is 166 g/mol. The van der Waals surface area contributed by atoms with E-state index in [4.69, 9.17) is 4.74 Å². The maximum atomic E-state index is 10.5. The third-order valence-electron chi connectivity index (χ3n) is 1.49. The molecule has 64 valence electrons. The summed E-state index contributed by atoms with van der Waals surface area (Å²) in [5, 5.41) is 2.88. The standard InChI is InChI=1S/C8H10N2O2/c1-9-7-3-6(5-11)8(12-2)10-4-7/h3-5,9H,1-2H3. The number of carbonyl (C=O) groups excluding carboxylic acids is 1. The Kier molecular flexibility index (Phi) is 2.63. The minimum Gasteiger partial charge on any atom is -0.480 e. The quantitative estimate of drug-likeness (QED) is 0.679. The van der Waals surface area contributed by atoms with Crippen LogP contribution in [0, 0.1) is 0 Å². The number of nitrogens with zero attached hydrogens (tertiary/aromatic N) is 1. The van der Waals surface area contributed by atoms with E-state index in [9.17, 15) is 4.79 Å². The molecule has 0 spiro atoms. The number of ether oxygens (including phenoxy) is 1. The summed E-state index contributed by atoms with van der Waals surface area (Å²) < 4.78 is 4.87. The maximum absolute atomic E-state index is 10.5. The Labute approximate surface area is 70.6 Å². The zero-order chi connectivity index (χ0) is 8.97. The van der Waals surface area contributed by atoms with Crippen LogP contribution in [0.5, 0.6) is 5.88 Å². The van der Waals surface area contributed by atoms with Crippen LogP contribution in [0.1, 0.15) is 10.4 Å². The SMILES string of the molecule is CNc1cnc(OC)c(C=O)c1. The summed E-state index contributed by atoms with van der Waals surface area (Å²) in [6.45, 7) is 0. The highest BCUT2D eigenvalue weighted by Crippen LogP contribution is 2.16. The predicted molar refractivity (Wildman–Crippen MR) is 45.7 cm³/mol. The van der Waals surface area contributed by atoms with E-state index in [2.05, 4.69) is 10.3 Å². The van der Waals surface area contributed by atoms with E-state index < -0.39 is 0 Å². The fourth-order valence-electron chi connectivity index (χ4n) is 0.861. The molecule has 1 N–H and O–H groups in total. The highest BCUT2D eigenvalue weighted by atomic mass is 16.5. The first-order valence-electron chi connectivity index (χ1n) is 3.48. The molecule has 4 heteroatoms. The smallest absolute Gasteiger partial charge is 0.223 e. The predicted octanol–water partition coefficient (Wildman–Crippen LogP) is 0.944. The van der Waals surface area contributed by atoms with E-state index in [1.165, 1.54) is 7.11 Å². The first kappa shape index (κ1) is 8.52. The summed E-state index contributed by atoms with van der Waals surface area (Å²) in [6.07, 6.45) is 2.32. The van der Waals surface area contributed by atoms with Crippen molar-refractivity contribution in [1.82, 2.24) is 4.98 Å². The number of pyridine rings is 1. The molecule has 4 nitrogen and oxygen atoms in total. The minimum atomic E-state index is 0.351. The molecule has 1 rings (SSSR count). The normalized spacial score (nSPS) is 9.17. The van der Waals surface area contributed by atoms with Crippen molar-refractivity contribution in [3.05, 3.63) is 17.8 Å². The molecule has 1 aromatic rings. The van der Waals surface area contributed by atoms with Crippen molar-refractivity contribution in [2.24, 2.45) is 0 Å². The van der Waals surface area contributed by atoms with Crippen LogP contribution in [-0.2, 0) is 0 Å². The Hall–Kier alpha value is -1.58. The van der Waals surface area contributed by atoms with Crippen LogP contribution >= 0.6 is 0 Å². The molecule has 0 aliphatic rings. The average Bonchev–Trinajstić information content (AvgIpc) is 2.16. The van der Waals surface area contributed by atoms with Crippen molar-refractivity contribution in [3.8, 4) is 5.88 Å². The maximum Gasteiger partial charge on any atom is 0.223 e. The molecule has 1 heterocycles. The van der Waals surface area contributed by atoms with E-state index in [0.717, 1.165) is 5.69 Å². The summed E-state index contributed by atoms with van der Waals surface area (Å²) in [4.78, 5) is 14.4. The molecule has 0 aliphatic heterocycles. The molecule has 12 heavy (non-hydrogen) atoms. The second-order valence-corrected chi connectivity index (χ2v) is 2.19. The van der Waals surface area contributed by atoms with Gasteiger partial charge in [0.15, 0.2) is 6.29 Å². The molecule has 0 aromatic carbocycles. The first-order valence-corrected chi connectivity index (χ1v) is 3.48. The molecule has 0 unspecified atom stereocenters. The number of carbonyl (C=O) groups is 1. The first-order chi connectivity index (χ1) is 5.81. The van der Waals surface area contributed by atoms with Gasteiger partial charge in [-0.05, 0) is 6.07 Å². The van der Waals surface area contributed by atoms with Gasteiger partial charge in [0, 0.05) is 7.05 Å². The van der Waals surface area contributed by atoms with Crippen LogP contribution in [0.4, 0.5) is 5.69 Å². The number of hydrogen-bond acceptors (Lipinski definition) is 4. The molecule has 0 aliphatic carbocycles. The lowest BCUT2D eigenvalue weighted by atomic mass is 10.3. The van der Waals surface area contributed by atoms with Crippen LogP contribution in [0.15, 0.2) is 12.3 Å². The number of rotatable bonds is 3. The van der Waals surface area contributed by atoms with Crippen LogP contribution in [0.2, 0.25) is 0 Å². The van der Waals surface area contributed by atoms with Gasteiger partial charge in [0.2, 0.25) is 5.88 Å². The zero-order valence-corrected chi connectivity index (χ0v) is 7.00. The number of aldehydes is 1. The third kappa shape index (κ3) is 1.53. The molecule has 0 bridgehead atoms. The molecule has 0 amide bonds. The van der Waals surface area contributed by atoms with Gasteiger partial charge in [0.25, 0.3) is 0 Å². The molecule has 1 aromatic heterocycles. The van der Waals surface area contributed by atoms with Crippen molar-refractivity contribution in [2.45, 2.75) is 0 Å². The van der Waals surface area contributed by atoms with Crippen LogP contribution in [-0.4, -0.2) is 25.4 Å². The van der Waals surface area contributed by atoms with E-state index >= 15 is 0 Å². The topological polar surface area (TPSA) is 51.2 Å². The Morgan fingerprint density at radius 2 is 2.42 bits per heavy atom. The van der Waals surface area contributed by atoms with Gasteiger partial charge in [-0.25, -0.2) is 4.98 Å². The molecular formula is C8H10N2O2. The van der Waals surface area contributed by atoms with Gasteiger partial charge in [0.05, 0.1) is 24.6 Å². The van der Waals surface area contributed by atoms with Gasteiger partial charge in [-0.1, -0.05) is 0 Å². The third-order valence-corrected chi connectivity index (χ3v) is 1.49. The van der Waals surface area contributed by atoms with Crippen LogP contribution in [0.25, 0.3) is 0 Å². The van der Waals surface area contributed by atoms with Gasteiger partial charge in [-0.15, -0.1) is 0 Å². The largest absolute Gasteiger partial charge is 0.480 e. The molecule has 0 saturated carbocycles. The molecule has 0 saturated heterocycles. The summed E-state index contributed by atoms with van der Waals surface area (Å²) in [5.41, 5.74) is 1.24. The molecule has 0 fully saturated rings. The fourth-order valence-corrected chi connectivity index (χ4v) is 0.861. The van der Waals surface area contributed by atoms with E-state index in [-0.39, 0.29) is 0 Å². The average molecular weight is 166 g/mol.